The van der Waals surface area contributed by atoms with Gasteiger partial charge in [-0.25, -0.2) is 0 Å². The van der Waals surface area contributed by atoms with Crippen LogP contribution in [-0.2, 0) is 0 Å². The van der Waals surface area contributed by atoms with E-state index in [4.69, 9.17) is 0 Å². The van der Waals surface area contributed by atoms with Gasteiger partial charge in [0.15, 0.2) is 0 Å². The molecule has 1 nitrogen and oxygen atoms in total. The van der Waals surface area contributed by atoms with Crippen LogP contribution in [0.4, 0.5) is 0 Å². The van der Waals surface area contributed by atoms with Crippen molar-refractivity contribution in [1.82, 2.24) is 5.32 Å². The van der Waals surface area contributed by atoms with Crippen molar-refractivity contribution in [2.45, 2.75) is 77.7 Å². The molecule has 1 aliphatic carbocycles. The fourth-order valence-corrected chi connectivity index (χ4v) is 2.64. The van der Waals surface area contributed by atoms with Crippen LogP contribution in [0, 0.1) is 5.92 Å². The molecule has 0 aromatic carbocycles. The third-order valence-electron chi connectivity index (χ3n) is 3.76. The highest BCUT2D eigenvalue weighted by molar-refractivity contribution is 4.69. The van der Waals surface area contributed by atoms with Gasteiger partial charge in [-0.1, -0.05) is 51.9 Å². The Kier molecular flexibility index (Phi) is 7.08. The zero-order valence-corrected chi connectivity index (χ0v) is 10.7. The Morgan fingerprint density at radius 1 is 1.20 bits per heavy atom. The van der Waals surface area contributed by atoms with Gasteiger partial charge in [0.2, 0.25) is 0 Å². The van der Waals surface area contributed by atoms with Gasteiger partial charge in [-0.2, -0.15) is 0 Å². The van der Waals surface area contributed by atoms with E-state index in [9.17, 15) is 0 Å². The largest absolute Gasteiger partial charge is 0.314 e. The fourth-order valence-electron chi connectivity index (χ4n) is 2.64. The molecule has 90 valence electrons. The summed E-state index contributed by atoms with van der Waals surface area (Å²) in [5.41, 5.74) is 0. The van der Waals surface area contributed by atoms with Gasteiger partial charge in [-0.3, -0.25) is 0 Å². The van der Waals surface area contributed by atoms with Gasteiger partial charge in [0.25, 0.3) is 0 Å². The molecule has 1 fully saturated rings. The van der Waals surface area contributed by atoms with Gasteiger partial charge in [0.05, 0.1) is 0 Å². The normalized spacial score (nSPS) is 19.6. The maximum absolute atomic E-state index is 3.67. The second-order valence-corrected chi connectivity index (χ2v) is 5.29. The second-order valence-electron chi connectivity index (χ2n) is 5.29. The fraction of sp³-hybridized carbons (Fsp3) is 1.00. The molecule has 1 aliphatic rings. The van der Waals surface area contributed by atoms with E-state index in [0.29, 0.717) is 0 Å². The van der Waals surface area contributed by atoms with Crippen LogP contribution in [0.15, 0.2) is 0 Å². The number of unbranched alkanes of at least 4 members (excludes halogenated alkanes) is 2. The molecule has 1 N–H and O–H groups in total. The van der Waals surface area contributed by atoms with Gasteiger partial charge in [0.1, 0.15) is 0 Å². The number of nitrogens with one attached hydrogen (secondary N) is 1. The summed E-state index contributed by atoms with van der Waals surface area (Å²) < 4.78 is 0. The standard InChI is InChI=1S/C14H29N/c1-3-4-5-8-13(2)15-12-11-14-9-6-7-10-14/h13-15H,3-12H2,1-2H3. The average Bonchev–Trinajstić information content (AvgIpc) is 2.71. The van der Waals surface area contributed by atoms with E-state index in [-0.39, 0.29) is 0 Å². The maximum atomic E-state index is 3.67. The molecule has 0 heterocycles. The third kappa shape index (κ3) is 6.19. The summed E-state index contributed by atoms with van der Waals surface area (Å²) >= 11 is 0. The molecular weight excluding hydrogens is 182 g/mol. The van der Waals surface area contributed by atoms with Crippen LogP contribution in [-0.4, -0.2) is 12.6 Å². The summed E-state index contributed by atoms with van der Waals surface area (Å²) in [4.78, 5) is 0. The van der Waals surface area contributed by atoms with E-state index in [1.54, 1.807) is 0 Å². The molecule has 1 rings (SSSR count). The van der Waals surface area contributed by atoms with E-state index in [1.165, 1.54) is 64.3 Å². The summed E-state index contributed by atoms with van der Waals surface area (Å²) in [5, 5.41) is 3.67. The van der Waals surface area contributed by atoms with Crippen molar-refractivity contribution in [3.8, 4) is 0 Å². The van der Waals surface area contributed by atoms with Gasteiger partial charge in [-0.15, -0.1) is 0 Å². The Morgan fingerprint density at radius 2 is 1.93 bits per heavy atom. The van der Waals surface area contributed by atoms with Gasteiger partial charge in [-0.05, 0) is 32.2 Å². The van der Waals surface area contributed by atoms with E-state index in [1.807, 2.05) is 0 Å². The zero-order chi connectivity index (χ0) is 10.9. The minimum atomic E-state index is 0.734. The lowest BCUT2D eigenvalue weighted by atomic mass is 10.0. The molecule has 0 aliphatic heterocycles. The molecule has 1 heteroatoms. The molecule has 15 heavy (non-hydrogen) atoms. The monoisotopic (exact) mass is 211 g/mol. The third-order valence-corrected chi connectivity index (χ3v) is 3.76. The first-order valence-electron chi connectivity index (χ1n) is 7.06. The van der Waals surface area contributed by atoms with E-state index in [2.05, 4.69) is 19.2 Å². The van der Waals surface area contributed by atoms with Gasteiger partial charge < -0.3 is 5.32 Å². The Bertz CT molecular complexity index is 138. The van der Waals surface area contributed by atoms with E-state index < -0.39 is 0 Å². The Balaban J connectivity index is 1.89. The first-order chi connectivity index (χ1) is 7.33. The highest BCUT2D eigenvalue weighted by Gasteiger charge is 2.14. The molecule has 1 atom stereocenters. The number of hydrogen-bond acceptors (Lipinski definition) is 1. The predicted octanol–water partition coefficient (Wildman–Crippen LogP) is 4.13. The minimum Gasteiger partial charge on any atom is -0.314 e. The lowest BCUT2D eigenvalue weighted by molar-refractivity contribution is 0.431. The average molecular weight is 211 g/mol. The summed E-state index contributed by atoms with van der Waals surface area (Å²) in [5.74, 6) is 1.04. The second kappa shape index (κ2) is 8.15. The number of rotatable bonds is 8. The lowest BCUT2D eigenvalue weighted by Gasteiger charge is -2.15. The molecule has 0 saturated heterocycles. The molecule has 1 unspecified atom stereocenters. The molecule has 0 aromatic rings. The SMILES string of the molecule is CCCCCC(C)NCCC1CCCC1. The topological polar surface area (TPSA) is 12.0 Å². The van der Waals surface area contributed by atoms with Crippen LogP contribution < -0.4 is 5.32 Å². The van der Waals surface area contributed by atoms with Crippen LogP contribution in [0.2, 0.25) is 0 Å². The quantitative estimate of drug-likeness (QED) is 0.595. The smallest absolute Gasteiger partial charge is 0.00387 e. The molecule has 1 saturated carbocycles. The van der Waals surface area contributed by atoms with Crippen LogP contribution in [0.3, 0.4) is 0 Å². The number of hydrogen-bond donors (Lipinski definition) is 1. The zero-order valence-electron chi connectivity index (χ0n) is 10.7. The molecule has 0 amide bonds. The van der Waals surface area contributed by atoms with Crippen molar-refractivity contribution in [2.75, 3.05) is 6.54 Å². The van der Waals surface area contributed by atoms with Crippen LogP contribution in [0.1, 0.15) is 71.6 Å². The Hall–Kier alpha value is -0.0400. The van der Waals surface area contributed by atoms with Crippen LogP contribution >= 0.6 is 0 Å². The maximum Gasteiger partial charge on any atom is 0.00387 e. The predicted molar refractivity (Wildman–Crippen MR) is 68.2 cm³/mol. The van der Waals surface area contributed by atoms with Crippen molar-refractivity contribution in [1.29, 1.82) is 0 Å². The van der Waals surface area contributed by atoms with Crippen molar-refractivity contribution in [2.24, 2.45) is 5.92 Å². The summed E-state index contributed by atoms with van der Waals surface area (Å²) in [6.07, 6.45) is 12.9. The molecular formula is C14H29N. The van der Waals surface area contributed by atoms with Crippen molar-refractivity contribution < 1.29 is 0 Å². The summed E-state index contributed by atoms with van der Waals surface area (Å²) in [6, 6.07) is 0.734. The van der Waals surface area contributed by atoms with Crippen molar-refractivity contribution in [3.63, 3.8) is 0 Å². The molecule has 0 aromatic heterocycles. The van der Waals surface area contributed by atoms with E-state index in [0.717, 1.165) is 12.0 Å². The summed E-state index contributed by atoms with van der Waals surface area (Å²) in [6.45, 7) is 5.86. The van der Waals surface area contributed by atoms with Gasteiger partial charge >= 0.3 is 0 Å². The Morgan fingerprint density at radius 3 is 2.60 bits per heavy atom. The minimum absolute atomic E-state index is 0.734. The first-order valence-corrected chi connectivity index (χ1v) is 7.06. The highest BCUT2D eigenvalue weighted by Crippen LogP contribution is 2.26. The molecule has 0 bridgehead atoms. The van der Waals surface area contributed by atoms with Gasteiger partial charge in [0, 0.05) is 6.04 Å². The van der Waals surface area contributed by atoms with Crippen molar-refractivity contribution in [3.05, 3.63) is 0 Å². The highest BCUT2D eigenvalue weighted by atomic mass is 14.9. The first kappa shape index (κ1) is 13.0. The van der Waals surface area contributed by atoms with Crippen LogP contribution in [0.5, 0.6) is 0 Å². The molecule has 0 spiro atoms. The lowest BCUT2D eigenvalue weighted by Crippen LogP contribution is -2.27. The summed E-state index contributed by atoms with van der Waals surface area (Å²) in [7, 11) is 0. The van der Waals surface area contributed by atoms with Crippen LogP contribution in [0.25, 0.3) is 0 Å². The Labute approximate surface area is 96.0 Å². The van der Waals surface area contributed by atoms with E-state index >= 15 is 0 Å². The molecule has 0 radical (unpaired) electrons. The van der Waals surface area contributed by atoms with Crippen molar-refractivity contribution >= 4 is 0 Å².